The first kappa shape index (κ1) is 19.9. The molecule has 0 spiro atoms. The Hall–Kier alpha value is -2.05. The second-order valence-electron chi connectivity index (χ2n) is 11.3. The minimum absolute atomic E-state index is 0.0700. The highest BCUT2D eigenvalue weighted by Gasteiger charge is 2.51. The SMILES string of the molecule is CC(C)(C)OC(=O)N1CCc2[nH]nc(NC(=O)CC34CC5CC(CC(C5)C3)C4)c2C1. The fourth-order valence-electron chi connectivity index (χ4n) is 6.90. The summed E-state index contributed by atoms with van der Waals surface area (Å²) in [6.07, 6.45) is 8.78. The average molecular weight is 415 g/mol. The van der Waals surface area contributed by atoms with Crippen LogP contribution in [0.3, 0.4) is 0 Å². The first-order valence-electron chi connectivity index (χ1n) is 11.5. The van der Waals surface area contributed by atoms with Gasteiger partial charge in [-0.05, 0) is 82.5 Å². The van der Waals surface area contributed by atoms with Crippen LogP contribution in [0.4, 0.5) is 10.6 Å². The van der Waals surface area contributed by atoms with Crippen LogP contribution in [0.1, 0.15) is 77.0 Å². The molecule has 0 saturated heterocycles. The number of H-pyrrole nitrogens is 1. The number of amides is 2. The van der Waals surface area contributed by atoms with E-state index < -0.39 is 5.60 Å². The Kier molecular flexibility index (Phi) is 4.63. The summed E-state index contributed by atoms with van der Waals surface area (Å²) in [6.45, 7) is 6.61. The molecule has 2 N–H and O–H groups in total. The molecular formula is C23H34N4O3. The molecule has 7 heteroatoms. The maximum absolute atomic E-state index is 13.0. The van der Waals surface area contributed by atoms with E-state index in [4.69, 9.17) is 4.74 Å². The van der Waals surface area contributed by atoms with Crippen LogP contribution in [-0.4, -0.2) is 39.2 Å². The molecule has 6 rings (SSSR count). The lowest BCUT2D eigenvalue weighted by Gasteiger charge is -2.56. The number of fused-ring (bicyclic) bond motifs is 1. The number of nitrogens with one attached hydrogen (secondary N) is 2. The van der Waals surface area contributed by atoms with Gasteiger partial charge in [0.2, 0.25) is 5.91 Å². The fourth-order valence-corrected chi connectivity index (χ4v) is 6.90. The Bertz CT molecular complexity index is 818. The van der Waals surface area contributed by atoms with E-state index in [1.807, 2.05) is 20.8 Å². The molecule has 1 aromatic rings. The summed E-state index contributed by atoms with van der Waals surface area (Å²) in [5.74, 6) is 3.16. The molecule has 4 bridgehead atoms. The Morgan fingerprint density at radius 3 is 2.40 bits per heavy atom. The number of aromatic amines is 1. The monoisotopic (exact) mass is 414 g/mol. The second-order valence-corrected chi connectivity index (χ2v) is 11.3. The molecule has 1 aromatic heterocycles. The number of nitrogens with zero attached hydrogens (tertiary/aromatic N) is 2. The van der Waals surface area contributed by atoms with E-state index >= 15 is 0 Å². The predicted molar refractivity (Wildman–Crippen MR) is 113 cm³/mol. The lowest BCUT2D eigenvalue weighted by molar-refractivity contribution is -0.124. The van der Waals surface area contributed by atoms with E-state index in [2.05, 4.69) is 15.5 Å². The molecule has 5 aliphatic rings. The minimum Gasteiger partial charge on any atom is -0.444 e. The van der Waals surface area contributed by atoms with Crippen LogP contribution in [0.2, 0.25) is 0 Å². The Labute approximate surface area is 178 Å². The van der Waals surface area contributed by atoms with Crippen LogP contribution < -0.4 is 5.32 Å². The number of hydrogen-bond acceptors (Lipinski definition) is 4. The number of aromatic nitrogens is 2. The summed E-state index contributed by atoms with van der Waals surface area (Å²) in [6, 6.07) is 0. The van der Waals surface area contributed by atoms with Gasteiger partial charge >= 0.3 is 6.09 Å². The molecule has 4 saturated carbocycles. The third-order valence-corrected chi connectivity index (χ3v) is 7.54. The Morgan fingerprint density at radius 2 is 1.80 bits per heavy atom. The van der Waals surface area contributed by atoms with E-state index in [1.54, 1.807) is 4.90 Å². The summed E-state index contributed by atoms with van der Waals surface area (Å²) in [5.41, 5.74) is 1.59. The van der Waals surface area contributed by atoms with Crippen LogP contribution >= 0.6 is 0 Å². The van der Waals surface area contributed by atoms with Crippen LogP contribution in [-0.2, 0) is 22.5 Å². The molecule has 2 heterocycles. The molecule has 4 fully saturated rings. The van der Waals surface area contributed by atoms with Crippen molar-refractivity contribution in [1.29, 1.82) is 0 Å². The van der Waals surface area contributed by atoms with Gasteiger partial charge < -0.3 is 15.0 Å². The van der Waals surface area contributed by atoms with Crippen molar-refractivity contribution < 1.29 is 14.3 Å². The predicted octanol–water partition coefficient (Wildman–Crippen LogP) is 4.25. The highest BCUT2D eigenvalue weighted by atomic mass is 16.6. The van der Waals surface area contributed by atoms with Crippen LogP contribution in [0.15, 0.2) is 0 Å². The zero-order chi connectivity index (χ0) is 21.1. The quantitative estimate of drug-likeness (QED) is 0.774. The zero-order valence-corrected chi connectivity index (χ0v) is 18.4. The Balaban J connectivity index is 1.24. The van der Waals surface area contributed by atoms with Crippen LogP contribution in [0.25, 0.3) is 0 Å². The summed E-state index contributed by atoms with van der Waals surface area (Å²) in [7, 11) is 0. The van der Waals surface area contributed by atoms with Crippen LogP contribution in [0.5, 0.6) is 0 Å². The maximum atomic E-state index is 13.0. The van der Waals surface area contributed by atoms with Crippen molar-refractivity contribution in [2.45, 2.75) is 84.3 Å². The molecule has 0 unspecified atom stereocenters. The highest BCUT2D eigenvalue weighted by Crippen LogP contribution is 2.61. The van der Waals surface area contributed by atoms with Crippen molar-refractivity contribution in [3.05, 3.63) is 11.3 Å². The van der Waals surface area contributed by atoms with Gasteiger partial charge in [-0.1, -0.05) is 0 Å². The molecule has 30 heavy (non-hydrogen) atoms. The molecule has 0 radical (unpaired) electrons. The molecule has 164 valence electrons. The topological polar surface area (TPSA) is 87.3 Å². The van der Waals surface area contributed by atoms with Crippen molar-refractivity contribution in [2.24, 2.45) is 23.2 Å². The van der Waals surface area contributed by atoms with Gasteiger partial charge in [0.1, 0.15) is 5.60 Å². The third-order valence-electron chi connectivity index (χ3n) is 7.54. The first-order chi connectivity index (χ1) is 14.2. The zero-order valence-electron chi connectivity index (χ0n) is 18.4. The van der Waals surface area contributed by atoms with E-state index in [1.165, 1.54) is 38.5 Å². The minimum atomic E-state index is -0.525. The van der Waals surface area contributed by atoms with Gasteiger partial charge in [-0.2, -0.15) is 5.10 Å². The van der Waals surface area contributed by atoms with Gasteiger partial charge in [-0.3, -0.25) is 9.89 Å². The smallest absolute Gasteiger partial charge is 0.410 e. The van der Waals surface area contributed by atoms with Crippen molar-refractivity contribution in [1.82, 2.24) is 15.1 Å². The van der Waals surface area contributed by atoms with Gasteiger partial charge in [0, 0.05) is 30.6 Å². The third kappa shape index (κ3) is 3.83. The average Bonchev–Trinajstić information content (AvgIpc) is 3.00. The highest BCUT2D eigenvalue weighted by molar-refractivity contribution is 5.91. The van der Waals surface area contributed by atoms with Gasteiger partial charge in [0.15, 0.2) is 5.82 Å². The van der Waals surface area contributed by atoms with E-state index in [9.17, 15) is 9.59 Å². The van der Waals surface area contributed by atoms with Crippen LogP contribution in [0, 0.1) is 23.2 Å². The summed E-state index contributed by atoms with van der Waals surface area (Å²) in [4.78, 5) is 27.2. The van der Waals surface area contributed by atoms with Crippen molar-refractivity contribution in [3.63, 3.8) is 0 Å². The van der Waals surface area contributed by atoms with E-state index in [0.29, 0.717) is 31.7 Å². The summed E-state index contributed by atoms with van der Waals surface area (Å²) >= 11 is 0. The molecule has 1 aliphatic heterocycles. The summed E-state index contributed by atoms with van der Waals surface area (Å²) in [5, 5.41) is 10.5. The number of rotatable bonds is 3. The summed E-state index contributed by atoms with van der Waals surface area (Å²) < 4.78 is 5.52. The van der Waals surface area contributed by atoms with E-state index in [-0.39, 0.29) is 17.4 Å². The molecular weight excluding hydrogens is 380 g/mol. The molecule has 4 aliphatic carbocycles. The normalized spacial score (nSPS) is 32.1. The fraction of sp³-hybridized carbons (Fsp3) is 0.783. The standard InChI is InChI=1S/C23H34N4O3/c1-22(2,3)30-21(29)27-5-4-18-17(13-27)20(26-25-18)24-19(28)12-23-9-14-6-15(10-23)8-16(7-14)11-23/h14-16H,4-13H2,1-3H3,(H2,24,25,26,28). The molecule has 2 amide bonds. The number of carbonyl (C=O) groups is 2. The van der Waals surface area contributed by atoms with Gasteiger partial charge in [0.25, 0.3) is 0 Å². The second kappa shape index (κ2) is 6.99. The first-order valence-corrected chi connectivity index (χ1v) is 11.5. The molecule has 7 nitrogen and oxygen atoms in total. The molecule has 0 atom stereocenters. The molecule has 0 aromatic carbocycles. The van der Waals surface area contributed by atoms with Gasteiger partial charge in [-0.15, -0.1) is 0 Å². The lowest BCUT2D eigenvalue weighted by atomic mass is 9.49. The number of hydrogen-bond donors (Lipinski definition) is 2. The maximum Gasteiger partial charge on any atom is 0.410 e. The lowest BCUT2D eigenvalue weighted by Crippen LogP contribution is -2.47. The van der Waals surface area contributed by atoms with Crippen molar-refractivity contribution in [3.8, 4) is 0 Å². The number of anilines is 1. The Morgan fingerprint density at radius 1 is 1.17 bits per heavy atom. The van der Waals surface area contributed by atoms with Gasteiger partial charge in [0.05, 0.1) is 6.54 Å². The van der Waals surface area contributed by atoms with Crippen molar-refractivity contribution in [2.75, 3.05) is 11.9 Å². The van der Waals surface area contributed by atoms with Gasteiger partial charge in [-0.25, -0.2) is 4.79 Å². The number of ether oxygens (including phenoxy) is 1. The van der Waals surface area contributed by atoms with E-state index in [0.717, 1.165) is 29.0 Å². The largest absolute Gasteiger partial charge is 0.444 e. The number of carbonyl (C=O) groups excluding carboxylic acids is 2. The van der Waals surface area contributed by atoms with Crippen molar-refractivity contribution >= 4 is 17.8 Å².